The number of fused-ring (bicyclic) bond motifs is 1. The van der Waals surface area contributed by atoms with Gasteiger partial charge in [0.05, 0.1) is 12.7 Å². The van der Waals surface area contributed by atoms with Crippen molar-refractivity contribution in [1.82, 2.24) is 9.88 Å². The van der Waals surface area contributed by atoms with Gasteiger partial charge in [-0.2, -0.15) is 0 Å². The minimum absolute atomic E-state index is 0.113. The van der Waals surface area contributed by atoms with Crippen LogP contribution in [-0.2, 0) is 0 Å². The molecule has 2 aromatic rings. The summed E-state index contributed by atoms with van der Waals surface area (Å²) in [4.78, 5) is 19.1. The van der Waals surface area contributed by atoms with Crippen LogP contribution in [0.15, 0.2) is 36.5 Å². The first-order valence-corrected chi connectivity index (χ1v) is 10.4. The van der Waals surface area contributed by atoms with Crippen LogP contribution >= 0.6 is 0 Å². The lowest BCUT2D eigenvalue weighted by atomic mass is 9.78. The Kier molecular flexibility index (Phi) is 5.90. The van der Waals surface area contributed by atoms with Gasteiger partial charge in [0.1, 0.15) is 11.7 Å². The number of aliphatic hydroxyl groups excluding tert-OH is 1. The summed E-state index contributed by atoms with van der Waals surface area (Å²) in [6.45, 7) is 5.31. The van der Waals surface area contributed by atoms with Crippen LogP contribution in [0.25, 0.3) is 0 Å². The molecule has 30 heavy (non-hydrogen) atoms. The molecular formula is C23H27FN2O4. The molecule has 6 nitrogen and oxygen atoms in total. The number of pyridine rings is 1. The van der Waals surface area contributed by atoms with Crippen molar-refractivity contribution >= 4 is 5.91 Å². The summed E-state index contributed by atoms with van der Waals surface area (Å²) in [5, 5.41) is 10.6. The summed E-state index contributed by atoms with van der Waals surface area (Å²) < 4.78 is 25.5. The van der Waals surface area contributed by atoms with Crippen molar-refractivity contribution in [2.24, 2.45) is 11.8 Å². The number of ether oxygens (including phenoxy) is 2. The van der Waals surface area contributed by atoms with Gasteiger partial charge >= 0.3 is 0 Å². The fourth-order valence-electron chi connectivity index (χ4n) is 4.52. The van der Waals surface area contributed by atoms with Crippen LogP contribution in [0.5, 0.6) is 11.6 Å². The number of halogens is 1. The molecule has 0 spiro atoms. The molecule has 7 heteroatoms. The second-order valence-corrected chi connectivity index (χ2v) is 8.15. The number of carbonyl (C=O) groups is 1. The second-order valence-electron chi connectivity index (χ2n) is 8.15. The Hall–Kier alpha value is -2.67. The maximum Gasteiger partial charge on any atom is 0.259 e. The number of carbonyl (C=O) groups excluding carboxylic acids is 1. The largest absolute Gasteiger partial charge is 0.485 e. The van der Waals surface area contributed by atoms with Crippen molar-refractivity contribution in [2.45, 2.75) is 38.9 Å². The predicted molar refractivity (Wildman–Crippen MR) is 109 cm³/mol. The summed E-state index contributed by atoms with van der Waals surface area (Å²) in [6.07, 6.45) is 1.52. The van der Waals surface area contributed by atoms with Crippen molar-refractivity contribution in [3.8, 4) is 11.6 Å². The van der Waals surface area contributed by atoms with E-state index in [4.69, 9.17) is 9.47 Å². The monoisotopic (exact) mass is 414 g/mol. The molecule has 1 saturated carbocycles. The highest BCUT2D eigenvalue weighted by Crippen LogP contribution is 2.39. The molecular weight excluding hydrogens is 387 g/mol. The molecule has 0 bridgehead atoms. The zero-order chi connectivity index (χ0) is 21.3. The van der Waals surface area contributed by atoms with Crippen LogP contribution in [0.4, 0.5) is 4.39 Å². The van der Waals surface area contributed by atoms with E-state index < -0.39 is 18.0 Å². The SMILES string of the molecule is CCOc1ncccc1C(=O)N1C[C@H]2C[C@@H](Oc3cc(C)ccc3F)[C@H](O)C[C@H]2C1. The Bertz CT molecular complexity index is 922. The van der Waals surface area contributed by atoms with E-state index in [1.807, 2.05) is 13.8 Å². The molecule has 4 rings (SSSR count). The molecule has 1 aliphatic carbocycles. The molecule has 2 aliphatic rings. The molecule has 2 heterocycles. The first-order chi connectivity index (χ1) is 14.5. The molecule has 0 unspecified atom stereocenters. The van der Waals surface area contributed by atoms with Crippen LogP contribution < -0.4 is 9.47 Å². The van der Waals surface area contributed by atoms with Gasteiger partial charge < -0.3 is 19.5 Å². The van der Waals surface area contributed by atoms with E-state index in [9.17, 15) is 14.3 Å². The van der Waals surface area contributed by atoms with E-state index >= 15 is 0 Å². The molecule has 4 atom stereocenters. The minimum Gasteiger partial charge on any atom is -0.485 e. The standard InChI is InChI=1S/C23H27FN2O4/c1-3-29-22-17(5-4-8-25-22)23(28)26-12-15-10-19(27)21(11-16(15)13-26)30-20-9-14(2)6-7-18(20)24/h4-9,15-16,19,21,27H,3,10-13H2,1-2H3/t15-,16+,19+,21+/m0/s1. The van der Waals surface area contributed by atoms with Crippen LogP contribution in [0, 0.1) is 24.6 Å². The fraction of sp³-hybridized carbons (Fsp3) is 0.478. The van der Waals surface area contributed by atoms with Crippen molar-refractivity contribution in [1.29, 1.82) is 0 Å². The van der Waals surface area contributed by atoms with E-state index in [0.717, 1.165) is 5.56 Å². The first-order valence-electron chi connectivity index (χ1n) is 10.4. The average molecular weight is 414 g/mol. The van der Waals surface area contributed by atoms with Gasteiger partial charge in [-0.15, -0.1) is 0 Å². The van der Waals surface area contributed by atoms with Gasteiger partial charge in [-0.25, -0.2) is 9.37 Å². The number of likely N-dealkylation sites (tertiary alicyclic amines) is 1. The number of aliphatic hydroxyl groups is 1. The summed E-state index contributed by atoms with van der Waals surface area (Å²) in [5.74, 6) is 0.354. The summed E-state index contributed by atoms with van der Waals surface area (Å²) >= 11 is 0. The topological polar surface area (TPSA) is 71.9 Å². The molecule has 1 aromatic heterocycles. The Labute approximate surface area is 175 Å². The number of benzene rings is 1. The number of aryl methyl sites for hydroxylation is 1. The number of hydrogen-bond donors (Lipinski definition) is 1. The Morgan fingerprint density at radius 1 is 1.27 bits per heavy atom. The number of aromatic nitrogens is 1. The van der Waals surface area contributed by atoms with E-state index in [-0.39, 0.29) is 23.5 Å². The maximum atomic E-state index is 14.1. The fourth-order valence-corrected chi connectivity index (χ4v) is 4.52. The molecule has 1 aromatic carbocycles. The van der Waals surface area contributed by atoms with Crippen molar-refractivity contribution in [2.75, 3.05) is 19.7 Å². The number of amides is 1. The lowest BCUT2D eigenvalue weighted by molar-refractivity contribution is -0.0246. The summed E-state index contributed by atoms with van der Waals surface area (Å²) in [5.41, 5.74) is 1.35. The molecule has 1 amide bonds. The zero-order valence-corrected chi connectivity index (χ0v) is 17.3. The molecule has 160 valence electrons. The summed E-state index contributed by atoms with van der Waals surface area (Å²) in [6, 6.07) is 8.16. The van der Waals surface area contributed by atoms with E-state index in [1.165, 1.54) is 6.07 Å². The third-order valence-electron chi connectivity index (χ3n) is 6.02. The maximum absolute atomic E-state index is 14.1. The molecule has 2 fully saturated rings. The van der Waals surface area contributed by atoms with Gasteiger partial charge in [0.2, 0.25) is 5.88 Å². The van der Waals surface area contributed by atoms with Crippen molar-refractivity contribution in [3.63, 3.8) is 0 Å². The average Bonchev–Trinajstić information content (AvgIpc) is 3.14. The number of hydrogen-bond acceptors (Lipinski definition) is 5. The lowest BCUT2D eigenvalue weighted by Gasteiger charge is -2.35. The normalized spacial score (nSPS) is 25.7. The number of rotatable bonds is 5. The minimum atomic E-state index is -0.696. The Morgan fingerprint density at radius 3 is 2.80 bits per heavy atom. The van der Waals surface area contributed by atoms with Crippen molar-refractivity contribution < 1.29 is 23.8 Å². The highest BCUT2D eigenvalue weighted by Gasteiger charge is 2.44. The number of nitrogens with zero attached hydrogens (tertiary/aromatic N) is 2. The van der Waals surface area contributed by atoms with Gasteiger partial charge in [0, 0.05) is 19.3 Å². The van der Waals surface area contributed by atoms with Gasteiger partial charge in [0.25, 0.3) is 5.91 Å². The smallest absolute Gasteiger partial charge is 0.259 e. The van der Waals surface area contributed by atoms with Gasteiger partial charge in [-0.3, -0.25) is 4.79 Å². The highest BCUT2D eigenvalue weighted by molar-refractivity contribution is 5.96. The highest BCUT2D eigenvalue weighted by atomic mass is 19.1. The Balaban J connectivity index is 1.45. The zero-order valence-electron chi connectivity index (χ0n) is 17.3. The van der Waals surface area contributed by atoms with Crippen LogP contribution in [0.2, 0.25) is 0 Å². The third kappa shape index (κ3) is 4.12. The molecule has 0 radical (unpaired) electrons. The first kappa shape index (κ1) is 20.6. The predicted octanol–water partition coefficient (Wildman–Crippen LogP) is 3.22. The quantitative estimate of drug-likeness (QED) is 0.814. The Morgan fingerprint density at radius 2 is 2.03 bits per heavy atom. The lowest BCUT2D eigenvalue weighted by Crippen LogP contribution is -2.42. The summed E-state index contributed by atoms with van der Waals surface area (Å²) in [7, 11) is 0. The van der Waals surface area contributed by atoms with Crippen molar-refractivity contribution in [3.05, 3.63) is 53.5 Å². The van der Waals surface area contributed by atoms with Crippen LogP contribution in [-0.4, -0.2) is 52.8 Å². The van der Waals surface area contributed by atoms with Gasteiger partial charge in [0.15, 0.2) is 11.6 Å². The van der Waals surface area contributed by atoms with Gasteiger partial charge in [-0.05, 0) is 68.4 Å². The molecule has 1 saturated heterocycles. The second kappa shape index (κ2) is 8.60. The van der Waals surface area contributed by atoms with Crippen LogP contribution in [0.1, 0.15) is 35.7 Å². The molecule has 1 N–H and O–H groups in total. The van der Waals surface area contributed by atoms with E-state index in [2.05, 4.69) is 4.98 Å². The van der Waals surface area contributed by atoms with E-state index in [1.54, 1.807) is 35.4 Å². The third-order valence-corrected chi connectivity index (χ3v) is 6.02. The van der Waals surface area contributed by atoms with E-state index in [0.29, 0.717) is 44.0 Å². The van der Waals surface area contributed by atoms with Crippen LogP contribution in [0.3, 0.4) is 0 Å². The van der Waals surface area contributed by atoms with Gasteiger partial charge in [-0.1, -0.05) is 6.07 Å². The molecule has 1 aliphatic heterocycles.